The second-order valence-corrected chi connectivity index (χ2v) is 7.57. The lowest BCUT2D eigenvalue weighted by atomic mass is 9.79. The fourth-order valence-electron chi connectivity index (χ4n) is 4.53. The summed E-state index contributed by atoms with van der Waals surface area (Å²) < 4.78 is 0. The Hall–Kier alpha value is -2.54. The number of imide groups is 2. The number of fused-ring (bicyclic) bond motifs is 2. The quantitative estimate of drug-likeness (QED) is 0.690. The Morgan fingerprint density at radius 3 is 2.04 bits per heavy atom. The van der Waals surface area contributed by atoms with Crippen LogP contribution in [0.25, 0.3) is 0 Å². The third-order valence-corrected chi connectivity index (χ3v) is 5.89. The van der Waals surface area contributed by atoms with E-state index in [9.17, 15) is 19.2 Å². The second kappa shape index (κ2) is 4.76. The molecule has 25 heavy (non-hydrogen) atoms. The normalized spacial score (nSPS) is 26.6. The van der Waals surface area contributed by atoms with Gasteiger partial charge in [0.15, 0.2) is 0 Å². The molecule has 7 heteroatoms. The summed E-state index contributed by atoms with van der Waals surface area (Å²) in [4.78, 5) is 50.0. The minimum atomic E-state index is -0.901. The maximum absolute atomic E-state index is 12.8. The molecule has 3 aliphatic heterocycles. The number of nitrogens with zero attached hydrogens (tertiary/aromatic N) is 1. The highest BCUT2D eigenvalue weighted by Gasteiger charge is 2.47. The Balaban J connectivity index is 1.49. The third-order valence-electron chi connectivity index (χ3n) is 5.89. The van der Waals surface area contributed by atoms with Crippen molar-refractivity contribution in [2.24, 2.45) is 5.41 Å². The smallest absolute Gasteiger partial charge is 0.262 e. The van der Waals surface area contributed by atoms with Crippen molar-refractivity contribution in [1.29, 1.82) is 0 Å². The molecule has 0 radical (unpaired) electrons. The van der Waals surface area contributed by atoms with Crippen LogP contribution in [0.2, 0.25) is 0 Å². The molecule has 1 atom stereocenters. The molecular weight excluding hydrogens is 322 g/mol. The first-order chi connectivity index (χ1) is 12.0. The Bertz CT molecular complexity index is 824. The van der Waals surface area contributed by atoms with Crippen molar-refractivity contribution in [3.63, 3.8) is 0 Å². The minimum absolute atomic E-state index is 0.135. The van der Waals surface area contributed by atoms with E-state index in [2.05, 4.69) is 10.6 Å². The van der Waals surface area contributed by atoms with E-state index in [4.69, 9.17) is 0 Å². The molecule has 1 aromatic carbocycles. The fourth-order valence-corrected chi connectivity index (χ4v) is 4.53. The van der Waals surface area contributed by atoms with Gasteiger partial charge in [0.05, 0.1) is 11.1 Å². The van der Waals surface area contributed by atoms with Crippen LogP contribution < -0.4 is 10.6 Å². The molecule has 1 unspecified atom stereocenters. The van der Waals surface area contributed by atoms with Crippen LogP contribution in [0.3, 0.4) is 0 Å². The number of piperidine rings is 1. The molecular formula is C18H17N3O4. The highest BCUT2D eigenvalue weighted by molar-refractivity contribution is 6.23. The van der Waals surface area contributed by atoms with Gasteiger partial charge in [0, 0.05) is 24.9 Å². The number of hydrogen-bond acceptors (Lipinski definition) is 5. The average molecular weight is 339 g/mol. The van der Waals surface area contributed by atoms with Crippen LogP contribution in [0, 0.1) is 5.41 Å². The summed E-state index contributed by atoms with van der Waals surface area (Å²) in [5, 5.41) is 5.51. The number of hydrogen-bond donors (Lipinski definition) is 2. The molecule has 0 aromatic heterocycles. The van der Waals surface area contributed by atoms with Crippen LogP contribution in [0.1, 0.15) is 44.7 Å². The van der Waals surface area contributed by atoms with E-state index in [1.165, 1.54) is 0 Å². The second-order valence-electron chi connectivity index (χ2n) is 7.57. The van der Waals surface area contributed by atoms with Crippen molar-refractivity contribution in [3.8, 4) is 0 Å². The molecule has 1 aromatic rings. The number of amides is 4. The van der Waals surface area contributed by atoms with Gasteiger partial charge in [0.2, 0.25) is 11.8 Å². The lowest BCUT2D eigenvalue weighted by molar-refractivity contribution is -0.136. The van der Waals surface area contributed by atoms with Crippen molar-refractivity contribution in [2.75, 3.05) is 13.1 Å². The Labute approximate surface area is 143 Å². The average Bonchev–Trinajstić information content (AvgIpc) is 3.04. The summed E-state index contributed by atoms with van der Waals surface area (Å²) in [6.07, 6.45) is 2.16. The summed E-state index contributed by atoms with van der Waals surface area (Å²) in [6.45, 7) is 1.94. The highest BCUT2D eigenvalue weighted by atomic mass is 16.2. The monoisotopic (exact) mass is 339 g/mol. The van der Waals surface area contributed by atoms with Crippen LogP contribution in [-0.2, 0) is 22.4 Å². The van der Waals surface area contributed by atoms with Gasteiger partial charge in [0.1, 0.15) is 6.04 Å². The van der Waals surface area contributed by atoms with Gasteiger partial charge in [0.25, 0.3) is 11.8 Å². The Kier molecular flexibility index (Phi) is 2.81. The summed E-state index contributed by atoms with van der Waals surface area (Å²) in [5.74, 6) is -1.79. The molecule has 128 valence electrons. The first-order valence-electron chi connectivity index (χ1n) is 8.56. The van der Waals surface area contributed by atoms with Crippen molar-refractivity contribution in [2.45, 2.75) is 31.7 Å². The van der Waals surface area contributed by atoms with Gasteiger partial charge in [-0.15, -0.1) is 0 Å². The molecule has 4 amide bonds. The van der Waals surface area contributed by atoms with E-state index in [-0.39, 0.29) is 24.2 Å². The lowest BCUT2D eigenvalue weighted by Crippen LogP contribution is -2.54. The van der Waals surface area contributed by atoms with E-state index in [0.717, 1.165) is 42.0 Å². The SMILES string of the molecule is O=C1CCC(N2C(=O)c3cc4c(cc3C2=O)CC2(CNC2)C4)C(=O)N1. The van der Waals surface area contributed by atoms with Crippen LogP contribution in [0.5, 0.6) is 0 Å². The number of nitrogens with one attached hydrogen (secondary N) is 2. The maximum atomic E-state index is 12.8. The van der Waals surface area contributed by atoms with Crippen molar-refractivity contribution in [3.05, 3.63) is 34.4 Å². The summed E-state index contributed by atoms with van der Waals surface area (Å²) in [6, 6.07) is 2.77. The number of carbonyl (C=O) groups excluding carboxylic acids is 4. The molecule has 1 aliphatic carbocycles. The Morgan fingerprint density at radius 2 is 1.56 bits per heavy atom. The van der Waals surface area contributed by atoms with Gasteiger partial charge in [-0.2, -0.15) is 0 Å². The van der Waals surface area contributed by atoms with Gasteiger partial charge in [-0.05, 0) is 42.5 Å². The van der Waals surface area contributed by atoms with Gasteiger partial charge in [-0.1, -0.05) is 0 Å². The van der Waals surface area contributed by atoms with Crippen LogP contribution in [-0.4, -0.2) is 47.7 Å². The molecule has 1 spiro atoms. The highest BCUT2D eigenvalue weighted by Crippen LogP contribution is 2.42. The summed E-state index contributed by atoms with van der Waals surface area (Å²) in [5.41, 5.74) is 3.28. The first-order valence-corrected chi connectivity index (χ1v) is 8.56. The van der Waals surface area contributed by atoms with Gasteiger partial charge in [-0.3, -0.25) is 29.4 Å². The van der Waals surface area contributed by atoms with E-state index >= 15 is 0 Å². The van der Waals surface area contributed by atoms with Gasteiger partial charge >= 0.3 is 0 Å². The molecule has 2 saturated heterocycles. The van der Waals surface area contributed by atoms with Gasteiger partial charge < -0.3 is 5.32 Å². The predicted molar refractivity (Wildman–Crippen MR) is 85.8 cm³/mol. The number of rotatable bonds is 1. The van der Waals surface area contributed by atoms with E-state index in [1.54, 1.807) is 0 Å². The first kappa shape index (κ1) is 14.8. The molecule has 0 bridgehead atoms. The predicted octanol–water partition coefficient (Wildman–Crippen LogP) is -0.224. The van der Waals surface area contributed by atoms with E-state index in [1.807, 2.05) is 12.1 Å². The maximum Gasteiger partial charge on any atom is 0.262 e. The molecule has 7 nitrogen and oxygen atoms in total. The van der Waals surface area contributed by atoms with Gasteiger partial charge in [-0.25, -0.2) is 0 Å². The largest absolute Gasteiger partial charge is 0.315 e. The number of carbonyl (C=O) groups is 4. The molecule has 2 fully saturated rings. The summed E-state index contributed by atoms with van der Waals surface area (Å²) in [7, 11) is 0. The van der Waals surface area contributed by atoms with Crippen LogP contribution >= 0.6 is 0 Å². The topological polar surface area (TPSA) is 95.6 Å². The molecule has 0 saturated carbocycles. The van der Waals surface area contributed by atoms with Crippen molar-refractivity contribution >= 4 is 23.6 Å². The third kappa shape index (κ3) is 1.96. The van der Waals surface area contributed by atoms with E-state index < -0.39 is 23.8 Å². The summed E-state index contributed by atoms with van der Waals surface area (Å²) >= 11 is 0. The van der Waals surface area contributed by atoms with E-state index in [0.29, 0.717) is 11.1 Å². The fraction of sp³-hybridized carbons (Fsp3) is 0.444. The zero-order valence-corrected chi connectivity index (χ0v) is 13.6. The molecule has 5 rings (SSSR count). The zero-order valence-electron chi connectivity index (χ0n) is 13.6. The zero-order chi connectivity index (χ0) is 17.3. The molecule has 4 aliphatic rings. The minimum Gasteiger partial charge on any atom is -0.315 e. The molecule has 2 N–H and O–H groups in total. The van der Waals surface area contributed by atoms with Crippen LogP contribution in [0.15, 0.2) is 12.1 Å². The van der Waals surface area contributed by atoms with Crippen LogP contribution in [0.4, 0.5) is 0 Å². The molecule has 3 heterocycles. The van der Waals surface area contributed by atoms with Crippen molar-refractivity contribution in [1.82, 2.24) is 15.5 Å². The Morgan fingerprint density at radius 1 is 0.960 bits per heavy atom. The van der Waals surface area contributed by atoms with Crippen molar-refractivity contribution < 1.29 is 19.2 Å². The lowest BCUT2D eigenvalue weighted by Gasteiger charge is -2.39. The number of benzene rings is 1. The standard InChI is InChI=1S/C18H17N3O4/c22-14-2-1-13(15(23)20-14)21-16(24)11-3-9-5-18(7-19-8-18)6-10(9)4-12(11)17(21)25/h3-4,13,19H,1-2,5-8H2,(H,20,22,23).